The largest absolute Gasteiger partial charge is 0.371 e. The van der Waals surface area contributed by atoms with Gasteiger partial charge < -0.3 is 4.90 Å². The lowest BCUT2D eigenvalue weighted by atomic mass is 9.93. The van der Waals surface area contributed by atoms with E-state index in [1.165, 1.54) is 0 Å². The number of nitrogens with zero attached hydrogens (tertiary/aromatic N) is 1. The average Bonchev–Trinajstić information content (AvgIpc) is 2.47. The molecule has 1 fully saturated rings. The molecule has 1 N–H and O–H groups in total. The lowest BCUT2D eigenvalue weighted by Crippen LogP contribution is -2.35. The van der Waals surface area contributed by atoms with E-state index < -0.39 is 10.0 Å². The SMILES string of the molecule is CCNS(=O)(=O)c1ccc(N2CCC(C(C)=O)CC2)cc1. The van der Waals surface area contributed by atoms with Gasteiger partial charge in [0, 0.05) is 31.2 Å². The van der Waals surface area contributed by atoms with Crippen LogP contribution < -0.4 is 9.62 Å². The van der Waals surface area contributed by atoms with Crippen LogP contribution in [-0.2, 0) is 14.8 Å². The number of ketones is 1. The molecule has 0 atom stereocenters. The topological polar surface area (TPSA) is 66.5 Å². The molecule has 1 aromatic carbocycles. The van der Waals surface area contributed by atoms with Gasteiger partial charge in [-0.15, -0.1) is 0 Å². The van der Waals surface area contributed by atoms with Gasteiger partial charge in [0.15, 0.2) is 0 Å². The maximum atomic E-state index is 11.9. The van der Waals surface area contributed by atoms with E-state index in [2.05, 4.69) is 9.62 Å². The van der Waals surface area contributed by atoms with Crippen LogP contribution in [0.3, 0.4) is 0 Å². The van der Waals surface area contributed by atoms with Crippen molar-refractivity contribution in [3.05, 3.63) is 24.3 Å². The first-order chi connectivity index (χ1) is 9.94. The highest BCUT2D eigenvalue weighted by molar-refractivity contribution is 7.89. The van der Waals surface area contributed by atoms with Gasteiger partial charge in [0.05, 0.1) is 4.90 Å². The van der Waals surface area contributed by atoms with Gasteiger partial charge in [-0.2, -0.15) is 0 Å². The summed E-state index contributed by atoms with van der Waals surface area (Å²) in [5, 5.41) is 0. The van der Waals surface area contributed by atoms with Gasteiger partial charge in [0.25, 0.3) is 0 Å². The van der Waals surface area contributed by atoms with E-state index in [9.17, 15) is 13.2 Å². The fourth-order valence-corrected chi connectivity index (χ4v) is 3.69. The first kappa shape index (κ1) is 16.0. The molecule has 0 spiro atoms. The fraction of sp³-hybridized carbons (Fsp3) is 0.533. The maximum absolute atomic E-state index is 11.9. The molecule has 1 aromatic rings. The summed E-state index contributed by atoms with van der Waals surface area (Å²) in [7, 11) is -3.39. The van der Waals surface area contributed by atoms with Crippen molar-refractivity contribution in [2.24, 2.45) is 5.92 Å². The molecule has 5 nitrogen and oxygen atoms in total. The standard InChI is InChI=1S/C15H22N2O3S/c1-3-16-21(19,20)15-6-4-14(5-7-15)17-10-8-13(9-11-17)12(2)18/h4-7,13,16H,3,8-11H2,1-2H3. The molecule has 0 aliphatic carbocycles. The Hall–Kier alpha value is -1.40. The third-order valence-corrected chi connectivity index (χ3v) is 5.48. The zero-order chi connectivity index (χ0) is 15.5. The first-order valence-corrected chi connectivity index (χ1v) is 8.77. The van der Waals surface area contributed by atoms with Crippen LogP contribution in [0.15, 0.2) is 29.2 Å². The Morgan fingerprint density at radius 2 is 1.81 bits per heavy atom. The highest BCUT2D eigenvalue weighted by Gasteiger charge is 2.22. The van der Waals surface area contributed by atoms with E-state index in [0.717, 1.165) is 31.6 Å². The number of piperidine rings is 1. The minimum absolute atomic E-state index is 0.176. The molecule has 1 heterocycles. The maximum Gasteiger partial charge on any atom is 0.240 e. The minimum atomic E-state index is -3.39. The third-order valence-electron chi connectivity index (χ3n) is 3.92. The highest BCUT2D eigenvalue weighted by atomic mass is 32.2. The molecule has 0 bridgehead atoms. The molecule has 21 heavy (non-hydrogen) atoms. The van der Waals surface area contributed by atoms with E-state index in [0.29, 0.717) is 6.54 Å². The van der Waals surface area contributed by atoms with Crippen molar-refractivity contribution in [1.82, 2.24) is 4.72 Å². The number of Topliss-reactive ketones (excluding diaryl/α,β-unsaturated/α-hetero) is 1. The van der Waals surface area contributed by atoms with Crippen molar-refractivity contribution in [2.45, 2.75) is 31.6 Å². The lowest BCUT2D eigenvalue weighted by molar-refractivity contribution is -0.121. The average molecular weight is 310 g/mol. The number of anilines is 1. The van der Waals surface area contributed by atoms with Crippen LogP contribution in [0.5, 0.6) is 0 Å². The molecular formula is C15H22N2O3S. The third kappa shape index (κ3) is 3.83. The van der Waals surface area contributed by atoms with Gasteiger partial charge in [-0.3, -0.25) is 4.79 Å². The van der Waals surface area contributed by atoms with E-state index in [1.807, 2.05) is 12.1 Å². The predicted octanol–water partition coefficient (Wildman–Crippen LogP) is 1.79. The summed E-state index contributed by atoms with van der Waals surface area (Å²) >= 11 is 0. The number of hydrogen-bond acceptors (Lipinski definition) is 4. The zero-order valence-corrected chi connectivity index (χ0v) is 13.3. The van der Waals surface area contributed by atoms with E-state index >= 15 is 0 Å². The van der Waals surface area contributed by atoms with Crippen molar-refractivity contribution in [2.75, 3.05) is 24.5 Å². The van der Waals surface area contributed by atoms with Crippen molar-refractivity contribution in [3.8, 4) is 0 Å². The number of rotatable bonds is 5. The monoisotopic (exact) mass is 310 g/mol. The molecule has 1 aliphatic rings. The molecule has 116 valence electrons. The molecule has 6 heteroatoms. The number of nitrogens with one attached hydrogen (secondary N) is 1. The van der Waals surface area contributed by atoms with Gasteiger partial charge >= 0.3 is 0 Å². The second-order valence-corrected chi connectivity index (χ2v) is 7.13. The second kappa shape index (κ2) is 6.58. The van der Waals surface area contributed by atoms with Crippen molar-refractivity contribution in [3.63, 3.8) is 0 Å². The number of sulfonamides is 1. The number of benzene rings is 1. The van der Waals surface area contributed by atoms with E-state index in [4.69, 9.17) is 0 Å². The van der Waals surface area contributed by atoms with Gasteiger partial charge in [-0.25, -0.2) is 13.1 Å². The molecule has 1 aliphatic heterocycles. The summed E-state index contributed by atoms with van der Waals surface area (Å²) in [5.41, 5.74) is 1.01. The van der Waals surface area contributed by atoms with Gasteiger partial charge in [-0.1, -0.05) is 6.92 Å². The van der Waals surface area contributed by atoms with Crippen LogP contribution in [0.25, 0.3) is 0 Å². The summed E-state index contributed by atoms with van der Waals surface area (Å²) in [4.78, 5) is 13.8. The summed E-state index contributed by atoms with van der Waals surface area (Å²) in [6.45, 7) is 5.46. The molecule has 0 aromatic heterocycles. The van der Waals surface area contributed by atoms with Crippen LogP contribution in [0, 0.1) is 5.92 Å². The number of carbonyl (C=O) groups is 1. The first-order valence-electron chi connectivity index (χ1n) is 7.29. The molecule has 0 amide bonds. The quantitative estimate of drug-likeness (QED) is 0.900. The molecule has 1 saturated heterocycles. The second-order valence-electron chi connectivity index (χ2n) is 5.37. The molecule has 0 radical (unpaired) electrons. The molecule has 2 rings (SSSR count). The summed E-state index contributed by atoms with van der Waals surface area (Å²) < 4.78 is 26.2. The van der Waals surface area contributed by atoms with Gasteiger partial charge in [-0.05, 0) is 44.0 Å². The summed E-state index contributed by atoms with van der Waals surface area (Å²) in [6.07, 6.45) is 1.74. The van der Waals surface area contributed by atoms with Crippen LogP contribution in [0.4, 0.5) is 5.69 Å². The minimum Gasteiger partial charge on any atom is -0.371 e. The van der Waals surface area contributed by atoms with Crippen molar-refractivity contribution < 1.29 is 13.2 Å². The molecule has 0 unspecified atom stereocenters. The zero-order valence-electron chi connectivity index (χ0n) is 12.5. The van der Waals surface area contributed by atoms with Crippen LogP contribution in [0.1, 0.15) is 26.7 Å². The Morgan fingerprint density at radius 1 is 1.24 bits per heavy atom. The molecular weight excluding hydrogens is 288 g/mol. The Labute approximate surface area is 126 Å². The Balaban J connectivity index is 2.05. The number of carbonyl (C=O) groups excluding carboxylic acids is 1. The number of hydrogen-bond donors (Lipinski definition) is 1. The highest BCUT2D eigenvalue weighted by Crippen LogP contribution is 2.24. The van der Waals surface area contributed by atoms with Gasteiger partial charge in [0.2, 0.25) is 10.0 Å². The Kier molecular flexibility index (Phi) is 5.00. The van der Waals surface area contributed by atoms with E-state index in [1.54, 1.807) is 26.0 Å². The predicted molar refractivity (Wildman–Crippen MR) is 82.9 cm³/mol. The van der Waals surface area contributed by atoms with Gasteiger partial charge in [0.1, 0.15) is 5.78 Å². The lowest BCUT2D eigenvalue weighted by Gasteiger charge is -2.32. The normalized spacial score (nSPS) is 17.0. The Bertz CT molecular complexity index is 588. The van der Waals surface area contributed by atoms with Crippen LogP contribution in [-0.4, -0.2) is 33.8 Å². The molecule has 0 saturated carbocycles. The Morgan fingerprint density at radius 3 is 2.29 bits per heavy atom. The summed E-state index contributed by atoms with van der Waals surface area (Å²) in [6, 6.07) is 6.92. The van der Waals surface area contributed by atoms with E-state index in [-0.39, 0.29) is 16.6 Å². The van der Waals surface area contributed by atoms with Crippen LogP contribution >= 0.6 is 0 Å². The fourth-order valence-electron chi connectivity index (χ4n) is 2.65. The summed E-state index contributed by atoms with van der Waals surface area (Å²) in [5.74, 6) is 0.441. The smallest absolute Gasteiger partial charge is 0.240 e. The van der Waals surface area contributed by atoms with Crippen LogP contribution in [0.2, 0.25) is 0 Å². The van der Waals surface area contributed by atoms with Crippen molar-refractivity contribution in [1.29, 1.82) is 0 Å². The van der Waals surface area contributed by atoms with Crippen molar-refractivity contribution >= 4 is 21.5 Å².